The molecule has 3 nitrogen and oxygen atoms in total. The summed E-state index contributed by atoms with van der Waals surface area (Å²) in [5.41, 5.74) is 6.82. The van der Waals surface area contributed by atoms with Gasteiger partial charge in [0.15, 0.2) is 0 Å². The van der Waals surface area contributed by atoms with Crippen molar-refractivity contribution in [1.29, 1.82) is 0 Å². The number of ether oxygens (including phenoxy) is 2. The Kier molecular flexibility index (Phi) is 5.86. The Balaban J connectivity index is 2.38. The monoisotopic (exact) mass is 245 g/mol. The van der Waals surface area contributed by atoms with Gasteiger partial charge in [0.05, 0.1) is 7.11 Å². The third-order valence-corrected chi connectivity index (χ3v) is 2.34. The van der Waals surface area contributed by atoms with E-state index in [-0.39, 0.29) is 12.6 Å². The third-order valence-electron chi connectivity index (χ3n) is 2.34. The quantitative estimate of drug-likeness (QED) is 0.750. The van der Waals surface area contributed by atoms with Crippen LogP contribution in [-0.4, -0.2) is 26.7 Å². The molecule has 17 heavy (non-hydrogen) atoms. The molecule has 0 aliphatic rings. The normalized spacial score (nSPS) is 12.8. The smallest absolute Gasteiger partial charge is 0.261 e. The molecule has 0 saturated carbocycles. The van der Waals surface area contributed by atoms with E-state index in [1.54, 1.807) is 7.11 Å². The molecule has 5 heteroatoms. The second kappa shape index (κ2) is 7.19. The molecule has 0 bridgehead atoms. The zero-order valence-corrected chi connectivity index (χ0v) is 9.74. The minimum atomic E-state index is -2.43. The van der Waals surface area contributed by atoms with Gasteiger partial charge in [0.2, 0.25) is 0 Å². The van der Waals surface area contributed by atoms with Gasteiger partial charge >= 0.3 is 0 Å². The average molecular weight is 245 g/mol. The number of nitrogens with two attached hydrogens (primary N) is 1. The predicted molar refractivity (Wildman–Crippen MR) is 61.4 cm³/mol. The average Bonchev–Trinajstić information content (AvgIpc) is 2.34. The number of hydrogen-bond donors (Lipinski definition) is 1. The number of methoxy groups -OCH3 is 1. The van der Waals surface area contributed by atoms with Gasteiger partial charge in [0.1, 0.15) is 12.4 Å². The van der Waals surface area contributed by atoms with Crippen molar-refractivity contribution in [2.24, 2.45) is 5.73 Å². The summed E-state index contributed by atoms with van der Waals surface area (Å²) in [6.45, 7) is -0.312. The molecule has 0 saturated heterocycles. The Hall–Kier alpha value is -1.20. The zero-order chi connectivity index (χ0) is 12.7. The first-order chi connectivity index (χ1) is 8.13. The summed E-state index contributed by atoms with van der Waals surface area (Å²) in [4.78, 5) is 0. The maximum Gasteiger partial charge on any atom is 0.261 e. The van der Waals surface area contributed by atoms with Gasteiger partial charge in [-0.2, -0.15) is 0 Å². The number of halogens is 2. The van der Waals surface area contributed by atoms with E-state index in [9.17, 15) is 8.78 Å². The van der Waals surface area contributed by atoms with Crippen LogP contribution < -0.4 is 10.5 Å². The van der Waals surface area contributed by atoms with E-state index in [1.165, 1.54) is 0 Å². The molecule has 0 aliphatic heterocycles. The minimum Gasteiger partial charge on any atom is -0.497 e. The Labute approximate surface area is 99.5 Å². The lowest BCUT2D eigenvalue weighted by Crippen LogP contribution is -2.14. The summed E-state index contributed by atoms with van der Waals surface area (Å²) in [5, 5.41) is 0. The van der Waals surface area contributed by atoms with E-state index < -0.39 is 13.0 Å². The van der Waals surface area contributed by atoms with Crippen LogP contribution in [0.5, 0.6) is 5.75 Å². The van der Waals surface area contributed by atoms with Crippen molar-refractivity contribution in [3.05, 3.63) is 29.8 Å². The molecule has 96 valence electrons. The number of benzene rings is 1. The highest BCUT2D eigenvalue weighted by Gasteiger charge is 2.08. The van der Waals surface area contributed by atoms with Crippen molar-refractivity contribution >= 4 is 0 Å². The number of alkyl halides is 2. The molecule has 0 aliphatic carbocycles. The van der Waals surface area contributed by atoms with Gasteiger partial charge in [-0.05, 0) is 24.1 Å². The fourth-order valence-electron chi connectivity index (χ4n) is 1.42. The predicted octanol–water partition coefficient (Wildman–Crippen LogP) is 2.37. The van der Waals surface area contributed by atoms with Crippen LogP contribution in [0.4, 0.5) is 8.78 Å². The van der Waals surface area contributed by atoms with E-state index in [0.717, 1.165) is 11.3 Å². The molecule has 1 atom stereocenters. The van der Waals surface area contributed by atoms with Crippen LogP contribution in [0.25, 0.3) is 0 Å². The highest BCUT2D eigenvalue weighted by molar-refractivity contribution is 5.30. The van der Waals surface area contributed by atoms with Crippen molar-refractivity contribution in [3.63, 3.8) is 0 Å². The largest absolute Gasteiger partial charge is 0.497 e. The second-order valence-electron chi connectivity index (χ2n) is 3.64. The lowest BCUT2D eigenvalue weighted by Gasteiger charge is -2.13. The summed E-state index contributed by atoms with van der Waals surface area (Å²) in [6, 6.07) is 7.14. The molecule has 0 fully saturated rings. The van der Waals surface area contributed by atoms with Crippen molar-refractivity contribution in [1.82, 2.24) is 0 Å². The number of hydrogen-bond acceptors (Lipinski definition) is 3. The van der Waals surface area contributed by atoms with Gasteiger partial charge in [0.25, 0.3) is 6.43 Å². The van der Waals surface area contributed by atoms with E-state index in [1.807, 2.05) is 24.3 Å². The van der Waals surface area contributed by atoms with Gasteiger partial charge < -0.3 is 15.2 Å². The van der Waals surface area contributed by atoms with E-state index in [0.29, 0.717) is 6.42 Å². The van der Waals surface area contributed by atoms with Crippen LogP contribution in [0.1, 0.15) is 18.0 Å². The maximum absolute atomic E-state index is 11.8. The van der Waals surface area contributed by atoms with E-state index in [4.69, 9.17) is 15.2 Å². The standard InChI is InChI=1S/C12H17F2NO2/c1-16-10-4-2-3-9(7-10)11(15)5-6-17-8-12(13)14/h2-4,7,11-12H,5-6,8,15H2,1H3. The topological polar surface area (TPSA) is 44.5 Å². The molecule has 0 amide bonds. The lowest BCUT2D eigenvalue weighted by molar-refractivity contribution is 0.0152. The molecular weight excluding hydrogens is 228 g/mol. The van der Waals surface area contributed by atoms with Crippen molar-refractivity contribution in [2.45, 2.75) is 18.9 Å². The number of rotatable bonds is 7. The molecule has 1 aromatic carbocycles. The molecule has 1 unspecified atom stereocenters. The first-order valence-electron chi connectivity index (χ1n) is 5.39. The highest BCUT2D eigenvalue weighted by atomic mass is 19.3. The molecule has 2 N–H and O–H groups in total. The summed E-state index contributed by atoms with van der Waals surface area (Å²) < 4.78 is 33.5. The summed E-state index contributed by atoms with van der Waals surface area (Å²) >= 11 is 0. The van der Waals surface area contributed by atoms with Crippen LogP contribution in [0.3, 0.4) is 0 Å². The minimum absolute atomic E-state index is 0.225. The first-order valence-corrected chi connectivity index (χ1v) is 5.39. The summed E-state index contributed by atoms with van der Waals surface area (Å²) in [6.07, 6.45) is -1.93. The van der Waals surface area contributed by atoms with Crippen LogP contribution in [0.2, 0.25) is 0 Å². The molecule has 1 rings (SSSR count). The molecule has 0 aromatic heterocycles. The molecular formula is C12H17F2NO2. The van der Waals surface area contributed by atoms with Crippen LogP contribution in [0, 0.1) is 0 Å². The molecule has 0 radical (unpaired) electrons. The van der Waals surface area contributed by atoms with E-state index in [2.05, 4.69) is 0 Å². The lowest BCUT2D eigenvalue weighted by atomic mass is 10.1. The van der Waals surface area contributed by atoms with Gasteiger partial charge in [-0.3, -0.25) is 0 Å². The fraction of sp³-hybridized carbons (Fsp3) is 0.500. The Morgan fingerprint density at radius 1 is 1.35 bits per heavy atom. The third kappa shape index (κ3) is 5.10. The van der Waals surface area contributed by atoms with Crippen LogP contribution >= 0.6 is 0 Å². The molecule has 0 heterocycles. The Morgan fingerprint density at radius 2 is 2.12 bits per heavy atom. The van der Waals surface area contributed by atoms with Gasteiger partial charge in [-0.25, -0.2) is 8.78 Å². The second-order valence-corrected chi connectivity index (χ2v) is 3.64. The van der Waals surface area contributed by atoms with Gasteiger partial charge in [-0.15, -0.1) is 0 Å². The Morgan fingerprint density at radius 3 is 2.76 bits per heavy atom. The van der Waals surface area contributed by atoms with Gasteiger partial charge in [-0.1, -0.05) is 12.1 Å². The van der Waals surface area contributed by atoms with Crippen LogP contribution in [-0.2, 0) is 4.74 Å². The van der Waals surface area contributed by atoms with Crippen molar-refractivity contribution in [3.8, 4) is 5.75 Å². The highest BCUT2D eigenvalue weighted by Crippen LogP contribution is 2.19. The SMILES string of the molecule is COc1cccc(C(N)CCOCC(F)F)c1. The maximum atomic E-state index is 11.8. The summed E-state index contributed by atoms with van der Waals surface area (Å²) in [5.74, 6) is 0.728. The van der Waals surface area contributed by atoms with Crippen molar-refractivity contribution in [2.75, 3.05) is 20.3 Å². The fourth-order valence-corrected chi connectivity index (χ4v) is 1.42. The van der Waals surface area contributed by atoms with Gasteiger partial charge in [0, 0.05) is 12.6 Å². The molecule has 0 spiro atoms. The summed E-state index contributed by atoms with van der Waals surface area (Å²) in [7, 11) is 1.58. The molecule has 1 aromatic rings. The zero-order valence-electron chi connectivity index (χ0n) is 9.74. The van der Waals surface area contributed by atoms with Crippen molar-refractivity contribution < 1.29 is 18.3 Å². The Bertz CT molecular complexity index is 334. The van der Waals surface area contributed by atoms with Crippen LogP contribution in [0.15, 0.2) is 24.3 Å². The van der Waals surface area contributed by atoms with E-state index >= 15 is 0 Å². The first kappa shape index (κ1) is 13.9.